The number of sulfonamides is 1. The van der Waals surface area contributed by atoms with E-state index in [1.807, 2.05) is 0 Å². The predicted octanol–water partition coefficient (Wildman–Crippen LogP) is 0.598. The van der Waals surface area contributed by atoms with Gasteiger partial charge >= 0.3 is 0 Å². The van der Waals surface area contributed by atoms with Crippen LogP contribution in [0.25, 0.3) is 0 Å². The van der Waals surface area contributed by atoms with Crippen LogP contribution in [0.3, 0.4) is 0 Å². The van der Waals surface area contributed by atoms with E-state index in [4.69, 9.17) is 0 Å². The molecule has 2 N–H and O–H groups in total. The van der Waals surface area contributed by atoms with E-state index in [2.05, 4.69) is 34.5 Å². The molecule has 11 heteroatoms. The second-order valence-corrected chi connectivity index (χ2v) is 9.13. The number of benzene rings is 1. The minimum Gasteiger partial charge on any atom is -0.354 e. The van der Waals surface area contributed by atoms with Gasteiger partial charge in [0.1, 0.15) is 0 Å². The maximum absolute atomic E-state index is 12.8. The van der Waals surface area contributed by atoms with Crippen molar-refractivity contribution in [2.75, 3.05) is 44.6 Å². The molecule has 10 nitrogen and oxygen atoms in total. The van der Waals surface area contributed by atoms with Gasteiger partial charge in [-0.3, -0.25) is 14.3 Å². The van der Waals surface area contributed by atoms with E-state index in [1.54, 1.807) is 23.1 Å². The number of rotatable bonds is 9. The van der Waals surface area contributed by atoms with E-state index in [-0.39, 0.29) is 36.0 Å². The van der Waals surface area contributed by atoms with Crippen molar-refractivity contribution in [3.63, 3.8) is 0 Å². The Morgan fingerprint density at radius 3 is 2.77 bits per heavy atom. The van der Waals surface area contributed by atoms with E-state index < -0.39 is 15.9 Å². The number of aromatic nitrogens is 2. The molecule has 0 aliphatic carbocycles. The van der Waals surface area contributed by atoms with Crippen molar-refractivity contribution < 1.29 is 18.0 Å². The Balaban J connectivity index is 1.67. The summed E-state index contributed by atoms with van der Waals surface area (Å²) in [4.78, 5) is 26.5. The summed E-state index contributed by atoms with van der Waals surface area (Å²) >= 11 is 0. The summed E-state index contributed by atoms with van der Waals surface area (Å²) in [6.45, 7) is 7.91. The quantitative estimate of drug-likeness (QED) is 0.580. The second kappa shape index (κ2) is 10.0. The molecule has 3 rings (SSSR count). The fourth-order valence-corrected chi connectivity index (χ4v) is 4.75. The fourth-order valence-electron chi connectivity index (χ4n) is 3.30. The molecule has 2 aromatic rings. The molecule has 1 aromatic heterocycles. The van der Waals surface area contributed by atoms with Gasteiger partial charge in [0.05, 0.1) is 29.9 Å². The van der Waals surface area contributed by atoms with Crippen molar-refractivity contribution in [1.82, 2.24) is 24.3 Å². The van der Waals surface area contributed by atoms with Crippen molar-refractivity contribution in [1.29, 1.82) is 0 Å². The first kappa shape index (κ1) is 22.9. The third kappa shape index (κ3) is 5.69. The number of carbonyl (C=O) groups is 2. The molecule has 0 spiro atoms. The van der Waals surface area contributed by atoms with Crippen LogP contribution in [0.4, 0.5) is 5.69 Å². The summed E-state index contributed by atoms with van der Waals surface area (Å²) in [5.41, 5.74) is 0.740. The van der Waals surface area contributed by atoms with Gasteiger partial charge in [0.25, 0.3) is 5.91 Å². The van der Waals surface area contributed by atoms with Gasteiger partial charge in [-0.05, 0) is 31.3 Å². The third-order valence-corrected chi connectivity index (χ3v) is 7.01. The number of nitrogens with zero attached hydrogens (tertiary/aromatic N) is 4. The molecule has 0 bridgehead atoms. The zero-order valence-corrected chi connectivity index (χ0v) is 18.6. The number of nitrogens with one attached hydrogen (secondary N) is 2. The van der Waals surface area contributed by atoms with Crippen molar-refractivity contribution in [3.8, 4) is 0 Å². The predicted molar refractivity (Wildman–Crippen MR) is 116 cm³/mol. The Bertz CT molecular complexity index is 1030. The van der Waals surface area contributed by atoms with Crippen molar-refractivity contribution in [3.05, 3.63) is 42.2 Å². The van der Waals surface area contributed by atoms with Gasteiger partial charge in [0, 0.05) is 31.4 Å². The first-order valence-electron chi connectivity index (χ1n) is 10.3. The summed E-state index contributed by atoms with van der Waals surface area (Å²) in [7, 11) is -3.87. The van der Waals surface area contributed by atoms with Crippen LogP contribution in [0, 0.1) is 0 Å². The van der Waals surface area contributed by atoms with Gasteiger partial charge < -0.3 is 15.5 Å². The van der Waals surface area contributed by atoms with E-state index in [0.717, 1.165) is 23.9 Å². The number of carbonyl (C=O) groups excluding carboxylic acids is 2. The number of hydrogen-bond donors (Lipinski definition) is 2. The lowest BCUT2D eigenvalue weighted by Crippen LogP contribution is -2.49. The average molecular weight is 449 g/mol. The normalized spacial score (nSPS) is 15.1. The van der Waals surface area contributed by atoms with Crippen LogP contribution in [0.1, 0.15) is 24.2 Å². The number of hydrogen-bond acceptors (Lipinski definition) is 6. The van der Waals surface area contributed by atoms with Crippen LogP contribution < -0.4 is 10.6 Å². The molecular formula is C20H28N6O4S. The highest BCUT2D eigenvalue weighted by atomic mass is 32.2. The molecule has 168 valence electrons. The molecule has 1 fully saturated rings. The van der Waals surface area contributed by atoms with Crippen molar-refractivity contribution in [2.24, 2.45) is 0 Å². The number of piperazine rings is 1. The average Bonchev–Trinajstić information content (AvgIpc) is 3.21. The summed E-state index contributed by atoms with van der Waals surface area (Å²) < 4.78 is 28.6. The summed E-state index contributed by atoms with van der Waals surface area (Å²) in [5.74, 6) is -0.779. The van der Waals surface area contributed by atoms with Crippen LogP contribution in [0.2, 0.25) is 0 Å². The largest absolute Gasteiger partial charge is 0.354 e. The Kier molecular flexibility index (Phi) is 7.42. The van der Waals surface area contributed by atoms with Gasteiger partial charge in [-0.2, -0.15) is 9.40 Å². The summed E-state index contributed by atoms with van der Waals surface area (Å²) in [6, 6.07) is 5.80. The van der Waals surface area contributed by atoms with Crippen LogP contribution in [-0.2, 0) is 21.4 Å². The molecule has 31 heavy (non-hydrogen) atoms. The van der Waals surface area contributed by atoms with E-state index in [0.29, 0.717) is 12.2 Å². The van der Waals surface area contributed by atoms with Crippen LogP contribution in [-0.4, -0.2) is 78.5 Å². The summed E-state index contributed by atoms with van der Waals surface area (Å²) in [5, 5.41) is 9.61. The first-order valence-corrected chi connectivity index (χ1v) is 11.7. The minimum absolute atomic E-state index is 0.0234. The van der Waals surface area contributed by atoms with E-state index in [9.17, 15) is 18.0 Å². The van der Waals surface area contributed by atoms with Gasteiger partial charge in [0.2, 0.25) is 15.9 Å². The zero-order valence-electron chi connectivity index (χ0n) is 17.7. The van der Waals surface area contributed by atoms with Crippen LogP contribution in [0.5, 0.6) is 0 Å². The summed E-state index contributed by atoms with van der Waals surface area (Å²) in [6.07, 6.45) is 3.31. The highest BCUT2D eigenvalue weighted by Crippen LogP contribution is 2.19. The molecule has 2 heterocycles. The Morgan fingerprint density at radius 2 is 2.06 bits per heavy atom. The second-order valence-electron chi connectivity index (χ2n) is 7.19. The third-order valence-electron chi connectivity index (χ3n) is 5.17. The molecule has 0 saturated carbocycles. The van der Waals surface area contributed by atoms with Crippen LogP contribution >= 0.6 is 0 Å². The molecule has 2 amide bonds. The van der Waals surface area contributed by atoms with Crippen molar-refractivity contribution >= 4 is 27.5 Å². The highest BCUT2D eigenvalue weighted by Gasteiger charge is 2.29. The lowest BCUT2D eigenvalue weighted by Gasteiger charge is -2.26. The molecule has 1 aliphatic heterocycles. The molecule has 0 unspecified atom stereocenters. The molecule has 0 radical (unpaired) electrons. The maximum Gasteiger partial charge on any atom is 0.255 e. The zero-order chi connectivity index (χ0) is 22.4. The van der Waals surface area contributed by atoms with E-state index >= 15 is 0 Å². The molecule has 1 aliphatic rings. The molecule has 1 saturated heterocycles. The molecule has 1 aromatic carbocycles. The smallest absolute Gasteiger partial charge is 0.255 e. The first-order chi connectivity index (χ1) is 14.8. The van der Waals surface area contributed by atoms with Gasteiger partial charge in [-0.15, -0.1) is 0 Å². The monoisotopic (exact) mass is 448 g/mol. The Labute approximate surface area is 182 Å². The Morgan fingerprint density at radius 1 is 1.29 bits per heavy atom. The SMILES string of the molecule is CCN(CC)CCn1cc(NC(=O)c2cccc(S(=O)(=O)N3CCNC(=O)C3)c2)cn1. The van der Waals surface area contributed by atoms with Gasteiger partial charge in [-0.1, -0.05) is 19.9 Å². The Hall–Kier alpha value is -2.76. The molecular weight excluding hydrogens is 420 g/mol. The fraction of sp³-hybridized carbons (Fsp3) is 0.450. The molecule has 0 atom stereocenters. The lowest BCUT2D eigenvalue weighted by molar-refractivity contribution is -0.122. The van der Waals surface area contributed by atoms with E-state index in [1.165, 1.54) is 18.2 Å². The lowest BCUT2D eigenvalue weighted by atomic mass is 10.2. The highest BCUT2D eigenvalue weighted by molar-refractivity contribution is 7.89. The standard InChI is InChI=1S/C20H28N6O4S/c1-3-24(4-2)10-11-25-14-17(13-22-25)23-20(28)16-6-5-7-18(12-16)31(29,30)26-9-8-21-19(27)15-26/h5-7,12-14H,3-4,8-11,15H2,1-2H3,(H,21,27)(H,23,28). The van der Waals surface area contributed by atoms with Gasteiger partial charge in [0.15, 0.2) is 0 Å². The number of amides is 2. The minimum atomic E-state index is -3.87. The topological polar surface area (TPSA) is 117 Å². The maximum atomic E-state index is 12.8. The number of likely N-dealkylation sites (N-methyl/N-ethyl adjacent to an activating group) is 1. The van der Waals surface area contributed by atoms with Crippen molar-refractivity contribution in [2.45, 2.75) is 25.3 Å². The number of anilines is 1. The van der Waals surface area contributed by atoms with Crippen LogP contribution in [0.15, 0.2) is 41.6 Å². The van der Waals surface area contributed by atoms with Gasteiger partial charge in [-0.25, -0.2) is 8.42 Å².